The lowest BCUT2D eigenvalue weighted by Crippen LogP contribution is -2.55. The molecule has 4 unspecified atom stereocenters. The highest BCUT2D eigenvalue weighted by molar-refractivity contribution is 7.64. The van der Waals surface area contributed by atoms with Crippen molar-refractivity contribution < 1.29 is 38.0 Å². The van der Waals surface area contributed by atoms with Crippen molar-refractivity contribution >= 4 is 47.1 Å². The SMILES string of the molecule is CC(C)C[C@@H](NC(=O)C(/C=C/c1ccccc1)NC(=O)c1cnccn1)B1OCCCCN(CCCC(=O)NC(P(C)O)[PH](=O)O)CCCCO1. The molecule has 14 nitrogen and oxygen atoms in total. The van der Waals surface area contributed by atoms with Crippen molar-refractivity contribution in [1.29, 1.82) is 0 Å². The lowest BCUT2D eigenvalue weighted by atomic mass is 9.73. The third-order valence-corrected chi connectivity index (χ3v) is 11.4. The molecule has 1 saturated heterocycles. The van der Waals surface area contributed by atoms with Gasteiger partial charge in [-0.1, -0.05) is 56.3 Å². The standard InChI is InChI=1S/C34H53BN6O8P2/c1-26(2)24-30(39-32(43)28(16-15-27-12-5-4-6-13-27)38-33(44)29-25-36-17-18-37-29)35-48-22-9-7-19-41(20-8-10-23-49-35)21-11-14-31(42)40-34(50(3)45)51(46)47/h4-6,12-13,15-18,25-26,28,30,34,45,51H,7-11,14,19-24H2,1-3H3,(H,38,44)(H,39,43)(H,40,42)(H,46,47)/b16-15+/t28?,30-,34?,50?/m1/s1. The van der Waals surface area contributed by atoms with Crippen LogP contribution < -0.4 is 16.0 Å². The zero-order valence-corrected chi connectivity index (χ0v) is 31.7. The normalized spacial score (nSPS) is 18.1. The van der Waals surface area contributed by atoms with E-state index in [2.05, 4.69) is 44.7 Å². The Bertz CT molecular complexity index is 1380. The van der Waals surface area contributed by atoms with Gasteiger partial charge in [-0.05, 0) is 76.3 Å². The Kier molecular flexibility index (Phi) is 19.5. The van der Waals surface area contributed by atoms with Gasteiger partial charge in [0.05, 0.1) is 20.3 Å². The van der Waals surface area contributed by atoms with E-state index in [9.17, 15) is 28.7 Å². The first-order valence-corrected chi connectivity index (χ1v) is 20.8. The van der Waals surface area contributed by atoms with Crippen LogP contribution in [0.4, 0.5) is 0 Å². The fraction of sp³-hybridized carbons (Fsp3) is 0.559. The molecule has 1 aliphatic rings. The van der Waals surface area contributed by atoms with E-state index < -0.39 is 52.6 Å². The number of carbonyl (C=O) groups excluding carboxylic acids is 3. The first-order valence-electron chi connectivity index (χ1n) is 17.5. The van der Waals surface area contributed by atoms with Crippen LogP contribution in [0, 0.1) is 5.92 Å². The molecule has 0 spiro atoms. The number of hydrogen-bond acceptors (Lipinski definition) is 10. The molecule has 0 aliphatic carbocycles. The summed E-state index contributed by atoms with van der Waals surface area (Å²) in [5.41, 5.74) is -0.103. The number of amides is 3. The van der Waals surface area contributed by atoms with Crippen molar-refractivity contribution in [2.24, 2.45) is 5.92 Å². The second-order valence-corrected chi connectivity index (χ2v) is 16.3. The van der Waals surface area contributed by atoms with Crippen LogP contribution in [0.1, 0.15) is 74.8 Å². The van der Waals surface area contributed by atoms with Gasteiger partial charge in [0.15, 0.2) is 0 Å². The van der Waals surface area contributed by atoms with Gasteiger partial charge in [0.2, 0.25) is 19.8 Å². The van der Waals surface area contributed by atoms with Crippen molar-refractivity contribution in [2.45, 2.75) is 76.3 Å². The molecule has 0 radical (unpaired) electrons. The van der Waals surface area contributed by atoms with Gasteiger partial charge in [0.25, 0.3) is 5.91 Å². The van der Waals surface area contributed by atoms with Gasteiger partial charge >= 0.3 is 7.12 Å². The monoisotopic (exact) mass is 746 g/mol. The van der Waals surface area contributed by atoms with E-state index in [1.807, 2.05) is 30.3 Å². The van der Waals surface area contributed by atoms with Crippen LogP contribution in [-0.4, -0.2) is 107 Å². The highest BCUT2D eigenvalue weighted by Gasteiger charge is 2.34. The summed E-state index contributed by atoms with van der Waals surface area (Å²) in [5.74, 6) is -1.52. The van der Waals surface area contributed by atoms with Crippen LogP contribution in [0.15, 0.2) is 55.0 Å². The van der Waals surface area contributed by atoms with Crippen LogP contribution in [0.5, 0.6) is 0 Å². The lowest BCUT2D eigenvalue weighted by molar-refractivity contribution is -0.122. The third kappa shape index (κ3) is 16.5. The van der Waals surface area contributed by atoms with Gasteiger partial charge in [-0.15, -0.1) is 0 Å². The number of hydrogen-bond donors (Lipinski definition) is 5. The van der Waals surface area contributed by atoms with Crippen molar-refractivity contribution in [3.8, 4) is 0 Å². The van der Waals surface area contributed by atoms with Gasteiger partial charge in [-0.3, -0.25) is 23.9 Å². The first-order chi connectivity index (χ1) is 24.5. The summed E-state index contributed by atoms with van der Waals surface area (Å²) in [6.07, 6.45) is 12.3. The number of aromatic nitrogens is 2. The largest absolute Gasteiger partial charge is 0.480 e. The number of carbonyl (C=O) groups is 3. The minimum atomic E-state index is -3.07. The average Bonchev–Trinajstić information content (AvgIpc) is 3.10. The third-order valence-electron chi connectivity index (χ3n) is 8.11. The number of rotatable bonds is 16. The van der Waals surface area contributed by atoms with E-state index in [4.69, 9.17) is 9.31 Å². The van der Waals surface area contributed by atoms with E-state index >= 15 is 0 Å². The molecule has 1 fully saturated rings. The fourth-order valence-electron chi connectivity index (χ4n) is 5.52. The molecular formula is C34H53BN6O8P2. The van der Waals surface area contributed by atoms with Crippen molar-refractivity contribution in [2.75, 3.05) is 39.5 Å². The minimum Gasteiger partial charge on any atom is -0.410 e. The van der Waals surface area contributed by atoms with Crippen LogP contribution in [0.3, 0.4) is 0 Å². The van der Waals surface area contributed by atoms with Gasteiger partial charge in [-0.2, -0.15) is 0 Å². The molecule has 1 aromatic carbocycles. The Hall–Kier alpha value is -3.03. The van der Waals surface area contributed by atoms with E-state index in [1.165, 1.54) is 25.3 Å². The van der Waals surface area contributed by atoms with E-state index in [-0.39, 0.29) is 23.9 Å². The zero-order chi connectivity index (χ0) is 37.0. The molecule has 2 heterocycles. The van der Waals surface area contributed by atoms with Crippen LogP contribution in [-0.2, 0) is 23.5 Å². The molecule has 51 heavy (non-hydrogen) atoms. The summed E-state index contributed by atoms with van der Waals surface area (Å²) >= 11 is 0. The maximum atomic E-state index is 13.8. The summed E-state index contributed by atoms with van der Waals surface area (Å²) in [6, 6.07) is 8.50. The van der Waals surface area contributed by atoms with Gasteiger partial charge < -0.3 is 39.9 Å². The Balaban J connectivity index is 1.60. The van der Waals surface area contributed by atoms with Crippen molar-refractivity contribution in [1.82, 2.24) is 30.8 Å². The number of nitrogens with one attached hydrogen (secondary N) is 3. The highest BCUT2D eigenvalue weighted by atomic mass is 31.2. The molecule has 1 aliphatic heterocycles. The van der Waals surface area contributed by atoms with Crippen LogP contribution in [0.2, 0.25) is 0 Å². The van der Waals surface area contributed by atoms with Gasteiger partial charge in [-0.25, -0.2) is 4.98 Å². The Morgan fingerprint density at radius 1 is 1.04 bits per heavy atom. The predicted octanol–water partition coefficient (Wildman–Crippen LogP) is 3.42. The molecule has 3 rings (SSSR count). The summed E-state index contributed by atoms with van der Waals surface area (Å²) < 4.78 is 24.0. The Morgan fingerprint density at radius 3 is 2.31 bits per heavy atom. The Labute approximate surface area is 303 Å². The number of nitrogens with zero attached hydrogens (tertiary/aromatic N) is 3. The molecule has 0 saturated carbocycles. The summed E-state index contributed by atoms with van der Waals surface area (Å²) in [6.45, 7) is 8.78. The predicted molar refractivity (Wildman–Crippen MR) is 200 cm³/mol. The summed E-state index contributed by atoms with van der Waals surface area (Å²) in [5, 5.41) is 8.39. The maximum Gasteiger partial charge on any atom is 0.480 e. The topological polar surface area (TPSA) is 192 Å². The Morgan fingerprint density at radius 2 is 1.73 bits per heavy atom. The number of benzene rings is 1. The smallest absolute Gasteiger partial charge is 0.410 e. The molecule has 2 aromatic rings. The average molecular weight is 747 g/mol. The molecule has 1 aromatic heterocycles. The second kappa shape index (κ2) is 23.5. The molecule has 280 valence electrons. The van der Waals surface area contributed by atoms with E-state index in [0.29, 0.717) is 32.6 Å². The molecular weight excluding hydrogens is 693 g/mol. The lowest BCUT2D eigenvalue weighted by Gasteiger charge is -2.28. The zero-order valence-electron chi connectivity index (χ0n) is 29.8. The molecule has 17 heteroatoms. The summed E-state index contributed by atoms with van der Waals surface area (Å²) in [7, 11) is -5.49. The van der Waals surface area contributed by atoms with Crippen molar-refractivity contribution in [3.63, 3.8) is 0 Å². The quantitative estimate of drug-likeness (QED) is 0.125. The van der Waals surface area contributed by atoms with Gasteiger partial charge in [0, 0.05) is 32.0 Å². The van der Waals surface area contributed by atoms with Crippen LogP contribution in [0.25, 0.3) is 6.08 Å². The first kappa shape index (κ1) is 42.4. The fourth-order valence-corrected chi connectivity index (χ4v) is 7.41. The van der Waals surface area contributed by atoms with Crippen LogP contribution >= 0.6 is 16.2 Å². The molecule has 3 amide bonds. The maximum absolute atomic E-state index is 13.8. The van der Waals surface area contributed by atoms with Crippen molar-refractivity contribution in [3.05, 3.63) is 66.3 Å². The molecule has 5 atom stereocenters. The second-order valence-electron chi connectivity index (χ2n) is 12.9. The molecule has 0 bridgehead atoms. The molecule has 5 N–H and O–H groups in total. The van der Waals surface area contributed by atoms with E-state index in [1.54, 1.807) is 12.2 Å². The minimum absolute atomic E-state index is 0.0984. The van der Waals surface area contributed by atoms with E-state index in [0.717, 1.165) is 44.3 Å². The summed E-state index contributed by atoms with van der Waals surface area (Å²) in [4.78, 5) is 68.6. The highest BCUT2D eigenvalue weighted by Crippen LogP contribution is 2.43. The van der Waals surface area contributed by atoms with Gasteiger partial charge in [0.1, 0.15) is 17.3 Å².